The molecule has 11 heteroatoms. The smallest absolute Gasteiger partial charge is 0.406 e. The summed E-state index contributed by atoms with van der Waals surface area (Å²) in [7, 11) is -3.72. The number of nitrogens with one attached hydrogen (secondary N) is 2. The Morgan fingerprint density at radius 2 is 1.77 bits per heavy atom. The average Bonchev–Trinajstić information content (AvgIpc) is 3.24. The van der Waals surface area contributed by atoms with E-state index in [0.29, 0.717) is 12.2 Å². The summed E-state index contributed by atoms with van der Waals surface area (Å²) in [5, 5.41) is 2.62. The van der Waals surface area contributed by atoms with Crippen LogP contribution < -0.4 is 14.8 Å². The van der Waals surface area contributed by atoms with Crippen LogP contribution in [0.5, 0.6) is 5.75 Å². The number of benzene rings is 2. The SMILES string of the molecule is O=C(NCc1ccc(OC(F)(F)F)cc1)c1ccc(S(=O)(=O)NCC2CCCO2)cc1. The third kappa shape index (κ3) is 6.94. The summed E-state index contributed by atoms with van der Waals surface area (Å²) in [5.41, 5.74) is 0.815. The van der Waals surface area contributed by atoms with Crippen molar-refractivity contribution in [1.82, 2.24) is 10.0 Å². The van der Waals surface area contributed by atoms with Crippen LogP contribution in [-0.2, 0) is 21.3 Å². The molecule has 0 aliphatic carbocycles. The summed E-state index contributed by atoms with van der Waals surface area (Å²) in [6, 6.07) is 10.5. The summed E-state index contributed by atoms with van der Waals surface area (Å²) in [4.78, 5) is 12.3. The van der Waals surface area contributed by atoms with Gasteiger partial charge in [-0.15, -0.1) is 13.2 Å². The molecule has 1 aliphatic heterocycles. The first kappa shape index (κ1) is 23.0. The molecular formula is C20H21F3N2O5S. The maximum atomic E-state index is 12.3. The van der Waals surface area contributed by atoms with E-state index in [2.05, 4.69) is 14.8 Å². The molecule has 1 unspecified atom stereocenters. The predicted molar refractivity (Wildman–Crippen MR) is 105 cm³/mol. The molecule has 31 heavy (non-hydrogen) atoms. The third-order valence-electron chi connectivity index (χ3n) is 4.56. The largest absolute Gasteiger partial charge is 0.573 e. The van der Waals surface area contributed by atoms with Crippen LogP contribution in [0.3, 0.4) is 0 Å². The number of hydrogen-bond donors (Lipinski definition) is 2. The lowest BCUT2D eigenvalue weighted by atomic mass is 10.2. The van der Waals surface area contributed by atoms with E-state index in [1.165, 1.54) is 36.4 Å². The van der Waals surface area contributed by atoms with Crippen molar-refractivity contribution >= 4 is 15.9 Å². The van der Waals surface area contributed by atoms with Crippen LogP contribution in [0.25, 0.3) is 0 Å². The Morgan fingerprint density at radius 3 is 2.35 bits per heavy atom. The second kappa shape index (κ2) is 9.67. The van der Waals surface area contributed by atoms with Crippen LogP contribution in [0.2, 0.25) is 0 Å². The predicted octanol–water partition coefficient (Wildman–Crippen LogP) is 2.97. The van der Waals surface area contributed by atoms with Gasteiger partial charge in [0.15, 0.2) is 0 Å². The molecule has 0 saturated carbocycles. The zero-order valence-electron chi connectivity index (χ0n) is 16.3. The van der Waals surface area contributed by atoms with E-state index in [4.69, 9.17) is 4.74 Å². The van der Waals surface area contributed by atoms with Gasteiger partial charge < -0.3 is 14.8 Å². The Morgan fingerprint density at radius 1 is 1.10 bits per heavy atom. The van der Waals surface area contributed by atoms with Gasteiger partial charge in [-0.05, 0) is 54.8 Å². The summed E-state index contributed by atoms with van der Waals surface area (Å²) < 4.78 is 72.9. The Kier molecular flexibility index (Phi) is 7.19. The van der Waals surface area contributed by atoms with Gasteiger partial charge in [0, 0.05) is 25.3 Å². The second-order valence-corrected chi connectivity index (χ2v) is 8.65. The number of amides is 1. The molecule has 7 nitrogen and oxygen atoms in total. The summed E-state index contributed by atoms with van der Waals surface area (Å²) in [6.07, 6.45) is -3.19. The molecule has 0 bridgehead atoms. The molecule has 1 atom stereocenters. The van der Waals surface area contributed by atoms with Crippen molar-refractivity contribution in [3.8, 4) is 5.75 Å². The van der Waals surface area contributed by atoms with E-state index >= 15 is 0 Å². The molecule has 0 aromatic heterocycles. The van der Waals surface area contributed by atoms with Gasteiger partial charge in [-0.3, -0.25) is 4.79 Å². The van der Waals surface area contributed by atoms with Crippen LogP contribution in [-0.4, -0.2) is 39.9 Å². The van der Waals surface area contributed by atoms with Crippen molar-refractivity contribution in [3.05, 3.63) is 59.7 Å². The van der Waals surface area contributed by atoms with E-state index in [-0.39, 0.29) is 35.4 Å². The minimum Gasteiger partial charge on any atom is -0.406 e. The van der Waals surface area contributed by atoms with E-state index in [0.717, 1.165) is 25.0 Å². The zero-order valence-corrected chi connectivity index (χ0v) is 17.1. The number of sulfonamides is 1. The first-order valence-corrected chi connectivity index (χ1v) is 10.9. The molecule has 0 spiro atoms. The summed E-state index contributed by atoms with van der Waals surface area (Å²) in [6.45, 7) is 0.896. The monoisotopic (exact) mass is 458 g/mol. The van der Waals surface area contributed by atoms with Crippen molar-refractivity contribution in [1.29, 1.82) is 0 Å². The van der Waals surface area contributed by atoms with Crippen molar-refractivity contribution in [2.24, 2.45) is 0 Å². The first-order valence-electron chi connectivity index (χ1n) is 9.47. The van der Waals surface area contributed by atoms with Crippen LogP contribution in [0, 0.1) is 0 Å². The minimum atomic E-state index is -4.77. The lowest BCUT2D eigenvalue weighted by molar-refractivity contribution is -0.274. The topological polar surface area (TPSA) is 93.7 Å². The van der Waals surface area contributed by atoms with E-state index in [9.17, 15) is 26.4 Å². The van der Waals surface area contributed by atoms with Gasteiger partial charge in [0.05, 0.1) is 11.0 Å². The Labute approximate surface area is 177 Å². The van der Waals surface area contributed by atoms with Crippen molar-refractivity contribution in [2.45, 2.75) is 36.7 Å². The highest BCUT2D eigenvalue weighted by Crippen LogP contribution is 2.22. The molecule has 1 saturated heterocycles. The molecular weight excluding hydrogens is 437 g/mol. The Balaban J connectivity index is 1.52. The van der Waals surface area contributed by atoms with Gasteiger partial charge in [0.25, 0.3) is 5.91 Å². The molecule has 2 N–H and O–H groups in total. The average molecular weight is 458 g/mol. The number of ether oxygens (including phenoxy) is 2. The molecule has 168 valence electrons. The highest BCUT2D eigenvalue weighted by atomic mass is 32.2. The molecule has 1 heterocycles. The van der Waals surface area contributed by atoms with Crippen LogP contribution >= 0.6 is 0 Å². The molecule has 0 radical (unpaired) electrons. The highest BCUT2D eigenvalue weighted by molar-refractivity contribution is 7.89. The van der Waals surface area contributed by atoms with E-state index in [1.54, 1.807) is 0 Å². The standard InChI is InChI=1S/C20H21F3N2O5S/c21-20(22,23)30-16-7-3-14(4-8-16)12-24-19(26)15-5-9-18(10-6-15)31(27,28)25-13-17-2-1-11-29-17/h3-10,17,25H,1-2,11-13H2,(H,24,26). The number of hydrogen-bond acceptors (Lipinski definition) is 5. The van der Waals surface area contributed by atoms with Crippen LogP contribution in [0.15, 0.2) is 53.4 Å². The van der Waals surface area contributed by atoms with Gasteiger partial charge in [-0.25, -0.2) is 13.1 Å². The maximum Gasteiger partial charge on any atom is 0.573 e. The molecule has 2 aromatic carbocycles. The summed E-state index contributed by atoms with van der Waals surface area (Å²) in [5.74, 6) is -0.806. The second-order valence-electron chi connectivity index (χ2n) is 6.89. The van der Waals surface area contributed by atoms with Crippen molar-refractivity contribution < 1.29 is 35.9 Å². The Hall–Kier alpha value is -2.63. The first-order chi connectivity index (χ1) is 14.6. The van der Waals surface area contributed by atoms with E-state index in [1.807, 2.05) is 0 Å². The van der Waals surface area contributed by atoms with Crippen molar-refractivity contribution in [3.63, 3.8) is 0 Å². The van der Waals surface area contributed by atoms with E-state index < -0.39 is 22.3 Å². The zero-order chi connectivity index (χ0) is 22.5. The molecule has 1 aliphatic rings. The lowest BCUT2D eigenvalue weighted by Crippen LogP contribution is -2.31. The highest BCUT2D eigenvalue weighted by Gasteiger charge is 2.31. The summed E-state index contributed by atoms with van der Waals surface area (Å²) >= 11 is 0. The fourth-order valence-electron chi connectivity index (χ4n) is 2.97. The number of halogens is 3. The number of alkyl halides is 3. The minimum absolute atomic E-state index is 0.0299. The van der Waals surface area contributed by atoms with Crippen molar-refractivity contribution in [2.75, 3.05) is 13.2 Å². The molecule has 2 aromatic rings. The fraction of sp³-hybridized carbons (Fsp3) is 0.350. The van der Waals surface area contributed by atoms with Crippen LogP contribution in [0.4, 0.5) is 13.2 Å². The van der Waals surface area contributed by atoms with Gasteiger partial charge in [-0.1, -0.05) is 12.1 Å². The number of rotatable bonds is 8. The number of carbonyl (C=O) groups excluding carboxylic acids is 1. The fourth-order valence-corrected chi connectivity index (χ4v) is 4.04. The van der Waals surface area contributed by atoms with Crippen LogP contribution in [0.1, 0.15) is 28.8 Å². The Bertz CT molecular complexity index is 987. The quantitative estimate of drug-likeness (QED) is 0.635. The van der Waals surface area contributed by atoms with Gasteiger partial charge >= 0.3 is 6.36 Å². The third-order valence-corrected chi connectivity index (χ3v) is 6.00. The maximum absolute atomic E-state index is 12.3. The lowest BCUT2D eigenvalue weighted by Gasteiger charge is -2.12. The molecule has 3 rings (SSSR count). The van der Waals surface area contributed by atoms with Gasteiger partial charge in [0.1, 0.15) is 5.75 Å². The molecule has 1 fully saturated rings. The normalized spacial score (nSPS) is 16.8. The molecule has 1 amide bonds. The van der Waals surface area contributed by atoms with Gasteiger partial charge in [-0.2, -0.15) is 0 Å². The number of carbonyl (C=O) groups is 1. The van der Waals surface area contributed by atoms with Gasteiger partial charge in [0.2, 0.25) is 10.0 Å².